The highest BCUT2D eigenvalue weighted by molar-refractivity contribution is 6.30. The summed E-state index contributed by atoms with van der Waals surface area (Å²) in [4.78, 5) is 14.3. The molecular formula is C12H8Cl2N2O3. The van der Waals surface area contributed by atoms with Crippen LogP contribution >= 0.6 is 23.2 Å². The fourth-order valence-electron chi connectivity index (χ4n) is 1.44. The van der Waals surface area contributed by atoms with Gasteiger partial charge >= 0.3 is 5.69 Å². The van der Waals surface area contributed by atoms with Gasteiger partial charge in [0.25, 0.3) is 0 Å². The Morgan fingerprint density at radius 1 is 1.26 bits per heavy atom. The van der Waals surface area contributed by atoms with Crippen LogP contribution in [0.25, 0.3) is 0 Å². The second-order valence-corrected chi connectivity index (χ2v) is 4.43. The minimum atomic E-state index is -0.531. The number of benzene rings is 1. The number of hydrogen-bond acceptors (Lipinski definition) is 4. The van der Waals surface area contributed by atoms with Crippen LogP contribution in [0.1, 0.15) is 5.69 Å². The molecule has 19 heavy (non-hydrogen) atoms. The largest absolute Gasteiger partial charge is 0.480 e. The van der Waals surface area contributed by atoms with Crippen LogP contribution in [0.5, 0.6) is 5.75 Å². The minimum absolute atomic E-state index is 0.0712. The zero-order chi connectivity index (χ0) is 13.8. The Morgan fingerprint density at radius 3 is 2.74 bits per heavy atom. The molecule has 2 aromatic rings. The number of nitro benzene ring substituents is 1. The fourth-order valence-corrected chi connectivity index (χ4v) is 1.78. The molecule has 0 saturated carbocycles. The van der Waals surface area contributed by atoms with Gasteiger partial charge in [-0.1, -0.05) is 29.3 Å². The molecule has 5 nitrogen and oxygen atoms in total. The molecule has 0 aliphatic carbocycles. The van der Waals surface area contributed by atoms with Gasteiger partial charge in [-0.25, -0.2) is 4.98 Å². The molecule has 0 aliphatic rings. The molecule has 0 N–H and O–H groups in total. The summed E-state index contributed by atoms with van der Waals surface area (Å²) in [6, 6.07) is 9.19. The molecule has 0 unspecified atom stereocenters. The fraction of sp³-hybridized carbons (Fsp3) is 0.0833. The van der Waals surface area contributed by atoms with Crippen LogP contribution in [-0.4, -0.2) is 9.91 Å². The van der Waals surface area contributed by atoms with E-state index in [1.54, 1.807) is 18.2 Å². The topological polar surface area (TPSA) is 65.3 Å². The van der Waals surface area contributed by atoms with E-state index in [4.69, 9.17) is 27.9 Å². The Kier molecular flexibility index (Phi) is 4.19. The number of nitrogens with zero attached hydrogens (tertiary/aromatic N) is 2. The van der Waals surface area contributed by atoms with Crippen molar-refractivity contribution in [3.05, 3.63) is 62.4 Å². The lowest BCUT2D eigenvalue weighted by molar-refractivity contribution is -0.385. The maximum absolute atomic E-state index is 10.8. The number of hydrogen-bond donors (Lipinski definition) is 0. The van der Waals surface area contributed by atoms with Gasteiger partial charge in [0, 0.05) is 17.2 Å². The van der Waals surface area contributed by atoms with Gasteiger partial charge in [-0.3, -0.25) is 10.1 Å². The number of halogens is 2. The second kappa shape index (κ2) is 5.86. The highest BCUT2D eigenvalue weighted by Gasteiger charge is 2.15. The summed E-state index contributed by atoms with van der Waals surface area (Å²) in [7, 11) is 0. The van der Waals surface area contributed by atoms with Crippen LogP contribution in [0.4, 0.5) is 5.69 Å². The summed E-state index contributed by atoms with van der Waals surface area (Å²) in [6.45, 7) is 0.0712. The highest BCUT2D eigenvalue weighted by Crippen LogP contribution is 2.30. The summed E-state index contributed by atoms with van der Waals surface area (Å²) < 4.78 is 5.37. The van der Waals surface area contributed by atoms with Gasteiger partial charge in [-0.05, 0) is 18.2 Å². The quantitative estimate of drug-likeness (QED) is 0.488. The molecule has 1 heterocycles. The SMILES string of the molecule is O=[N+]([O-])c1ccc(Cl)cc1OCc1cccc(Cl)n1. The third kappa shape index (κ3) is 3.56. The molecule has 0 aliphatic heterocycles. The van der Waals surface area contributed by atoms with Crippen molar-refractivity contribution in [3.63, 3.8) is 0 Å². The maximum Gasteiger partial charge on any atom is 0.311 e. The first-order chi connectivity index (χ1) is 9.06. The Labute approximate surface area is 118 Å². The molecule has 0 saturated heterocycles. The summed E-state index contributed by atoms with van der Waals surface area (Å²) in [5.74, 6) is 0.0966. The number of ether oxygens (including phenoxy) is 1. The standard InChI is InChI=1S/C12H8Cl2N2O3/c13-8-4-5-10(16(17)18)11(6-8)19-7-9-2-1-3-12(14)15-9/h1-6H,7H2. The Balaban J connectivity index is 2.19. The van der Waals surface area contributed by atoms with Crippen LogP contribution in [0, 0.1) is 10.1 Å². The zero-order valence-corrected chi connectivity index (χ0v) is 11.1. The van der Waals surface area contributed by atoms with Crippen molar-refractivity contribution in [2.24, 2.45) is 0 Å². The monoisotopic (exact) mass is 298 g/mol. The van der Waals surface area contributed by atoms with Gasteiger partial charge in [0.2, 0.25) is 0 Å². The van der Waals surface area contributed by atoms with Crippen LogP contribution in [-0.2, 0) is 6.61 Å². The van der Waals surface area contributed by atoms with Crippen molar-refractivity contribution in [2.45, 2.75) is 6.61 Å². The Morgan fingerprint density at radius 2 is 2.05 bits per heavy atom. The van der Waals surface area contributed by atoms with Crippen LogP contribution in [0.2, 0.25) is 10.2 Å². The lowest BCUT2D eigenvalue weighted by atomic mass is 10.3. The van der Waals surface area contributed by atoms with Crippen molar-refractivity contribution < 1.29 is 9.66 Å². The average Bonchev–Trinajstić information content (AvgIpc) is 2.36. The lowest BCUT2D eigenvalue weighted by Crippen LogP contribution is -2.00. The van der Waals surface area contributed by atoms with E-state index in [-0.39, 0.29) is 18.0 Å². The number of pyridine rings is 1. The van der Waals surface area contributed by atoms with E-state index < -0.39 is 4.92 Å². The lowest BCUT2D eigenvalue weighted by Gasteiger charge is -2.06. The van der Waals surface area contributed by atoms with Crippen molar-refractivity contribution in [2.75, 3.05) is 0 Å². The Hall–Kier alpha value is -1.85. The summed E-state index contributed by atoms with van der Waals surface area (Å²) >= 11 is 11.5. The minimum Gasteiger partial charge on any atom is -0.480 e. The summed E-state index contributed by atoms with van der Waals surface area (Å²) in [6.07, 6.45) is 0. The summed E-state index contributed by atoms with van der Waals surface area (Å²) in [5, 5.41) is 11.5. The predicted molar refractivity (Wildman–Crippen MR) is 71.7 cm³/mol. The van der Waals surface area contributed by atoms with E-state index >= 15 is 0 Å². The van der Waals surface area contributed by atoms with Crippen LogP contribution in [0.3, 0.4) is 0 Å². The second-order valence-electron chi connectivity index (χ2n) is 3.61. The first-order valence-electron chi connectivity index (χ1n) is 5.24. The van der Waals surface area contributed by atoms with E-state index in [2.05, 4.69) is 4.98 Å². The number of aromatic nitrogens is 1. The van der Waals surface area contributed by atoms with Gasteiger partial charge in [0.15, 0.2) is 5.75 Å². The van der Waals surface area contributed by atoms with Gasteiger partial charge in [0.1, 0.15) is 11.8 Å². The number of nitro groups is 1. The van der Waals surface area contributed by atoms with Crippen LogP contribution in [0.15, 0.2) is 36.4 Å². The van der Waals surface area contributed by atoms with Crippen molar-refractivity contribution in [1.29, 1.82) is 0 Å². The van der Waals surface area contributed by atoms with Crippen LogP contribution < -0.4 is 4.74 Å². The van der Waals surface area contributed by atoms with E-state index in [0.717, 1.165) is 0 Å². The van der Waals surface area contributed by atoms with E-state index in [1.807, 2.05) is 0 Å². The molecule has 1 aromatic carbocycles. The normalized spacial score (nSPS) is 10.2. The third-order valence-corrected chi connectivity index (χ3v) is 2.71. The third-order valence-electron chi connectivity index (χ3n) is 2.27. The predicted octanol–water partition coefficient (Wildman–Crippen LogP) is 3.88. The van der Waals surface area contributed by atoms with E-state index in [9.17, 15) is 10.1 Å². The Bertz CT molecular complexity index is 620. The van der Waals surface area contributed by atoms with Crippen molar-refractivity contribution >= 4 is 28.9 Å². The molecule has 7 heteroatoms. The molecule has 0 atom stereocenters. The molecule has 1 aromatic heterocycles. The molecule has 0 radical (unpaired) electrons. The molecule has 0 spiro atoms. The van der Waals surface area contributed by atoms with E-state index in [1.165, 1.54) is 18.2 Å². The highest BCUT2D eigenvalue weighted by atomic mass is 35.5. The molecule has 0 bridgehead atoms. The molecule has 0 amide bonds. The number of rotatable bonds is 4. The molecule has 0 fully saturated rings. The van der Waals surface area contributed by atoms with Crippen molar-refractivity contribution in [3.8, 4) is 5.75 Å². The molecular weight excluding hydrogens is 291 g/mol. The summed E-state index contributed by atoms with van der Waals surface area (Å²) in [5.41, 5.74) is 0.424. The van der Waals surface area contributed by atoms with Crippen molar-refractivity contribution in [1.82, 2.24) is 4.98 Å². The smallest absolute Gasteiger partial charge is 0.311 e. The average molecular weight is 299 g/mol. The molecule has 2 rings (SSSR count). The van der Waals surface area contributed by atoms with Gasteiger partial charge in [-0.2, -0.15) is 0 Å². The van der Waals surface area contributed by atoms with Gasteiger partial charge in [-0.15, -0.1) is 0 Å². The molecule has 98 valence electrons. The zero-order valence-electron chi connectivity index (χ0n) is 9.55. The first kappa shape index (κ1) is 13.6. The van der Waals surface area contributed by atoms with Gasteiger partial charge < -0.3 is 4.74 Å². The first-order valence-corrected chi connectivity index (χ1v) is 6.00. The maximum atomic E-state index is 10.8. The van der Waals surface area contributed by atoms with Gasteiger partial charge in [0.05, 0.1) is 10.6 Å². The van der Waals surface area contributed by atoms with E-state index in [0.29, 0.717) is 15.9 Å².